The van der Waals surface area contributed by atoms with Crippen molar-refractivity contribution in [2.24, 2.45) is 0 Å². The highest BCUT2D eigenvalue weighted by Crippen LogP contribution is 2.57. The van der Waals surface area contributed by atoms with Crippen LogP contribution in [-0.4, -0.2) is 91.5 Å². The van der Waals surface area contributed by atoms with Crippen molar-refractivity contribution in [2.45, 2.75) is 39.1 Å². The van der Waals surface area contributed by atoms with Gasteiger partial charge < -0.3 is 29.6 Å². The number of amides is 4. The predicted octanol–water partition coefficient (Wildman–Crippen LogP) is 6.58. The summed E-state index contributed by atoms with van der Waals surface area (Å²) in [6, 6.07) is 20.4. The number of hydrogen-bond donors (Lipinski definition) is 3. The fourth-order valence-electron chi connectivity index (χ4n) is 7.80. The molecule has 3 N–H and O–H groups in total. The van der Waals surface area contributed by atoms with Crippen LogP contribution < -0.4 is 25.2 Å². The number of nitrogens with one attached hydrogen (secondary N) is 2. The third-order valence-corrected chi connectivity index (χ3v) is 12.2. The highest BCUT2D eigenvalue weighted by Gasteiger charge is 2.54. The molecule has 5 aromatic carbocycles. The van der Waals surface area contributed by atoms with Crippen LogP contribution >= 0.6 is 0 Å². The minimum atomic E-state index is -4.39. The second kappa shape index (κ2) is 20.1. The van der Waals surface area contributed by atoms with Gasteiger partial charge >= 0.3 is 18.2 Å². The first-order chi connectivity index (χ1) is 33.6. The van der Waals surface area contributed by atoms with Crippen molar-refractivity contribution in [1.82, 2.24) is 10.6 Å². The predicted molar refractivity (Wildman–Crippen MR) is 249 cm³/mol. The van der Waals surface area contributed by atoms with Gasteiger partial charge in [0, 0.05) is 84.8 Å². The zero-order valence-electron chi connectivity index (χ0n) is 38.1. The van der Waals surface area contributed by atoms with Crippen LogP contribution in [0.25, 0.3) is 0 Å². The number of rotatable bonds is 16. The van der Waals surface area contributed by atoms with E-state index in [1.807, 2.05) is 6.92 Å². The second-order valence-corrected chi connectivity index (χ2v) is 17.6. The number of nitro benzene ring substituents is 2. The normalized spacial score (nSPS) is 14.1. The standard InChI is InChI=1S/C47H42N6O17S/c1-5-16-48-42(55)28-7-14-38(52(60)61)30(19-28)24-67-45(58)50(3)32-9-12-36-40(22-32)69-41-23-33(10-13-37(41)47(36)35-11-6-27(26(2)54)21-34(35)44(57)70-47)51(4)46(59)68-25-31-20-29(8-15-39(31)53(62)63)43(56)49-17-18-71(64,65)66/h6-15,19-23H,5,16-18,24-25H2,1-4H3,(H,48,55)(H,49,56)(H,64,65,66). The Morgan fingerprint density at radius 2 is 1.15 bits per heavy atom. The Morgan fingerprint density at radius 1 is 0.690 bits per heavy atom. The number of Topliss-reactive ketones (excluding diaryl/α,β-unsaturated/α-hetero) is 1. The van der Waals surface area contributed by atoms with Crippen LogP contribution in [0.4, 0.5) is 32.3 Å². The Balaban J connectivity index is 1.18. The number of esters is 1. The largest absolute Gasteiger partial charge is 0.456 e. The molecule has 368 valence electrons. The van der Waals surface area contributed by atoms with Gasteiger partial charge in [0.05, 0.1) is 43.7 Å². The number of ketones is 1. The number of fused-ring (bicyclic) bond motifs is 6. The number of benzene rings is 5. The Hall–Kier alpha value is -8.77. The molecule has 1 unspecified atom stereocenters. The molecule has 0 radical (unpaired) electrons. The van der Waals surface area contributed by atoms with Crippen LogP contribution in [0.3, 0.4) is 0 Å². The van der Waals surface area contributed by atoms with Crippen LogP contribution in [0.2, 0.25) is 0 Å². The molecule has 2 heterocycles. The summed E-state index contributed by atoms with van der Waals surface area (Å²) in [4.78, 5) is 103. The molecule has 24 heteroatoms. The fourth-order valence-corrected chi connectivity index (χ4v) is 8.16. The topological polar surface area (TPSA) is 311 Å². The zero-order chi connectivity index (χ0) is 51.5. The molecule has 0 aliphatic carbocycles. The molecule has 7 rings (SSSR count). The summed E-state index contributed by atoms with van der Waals surface area (Å²) >= 11 is 0. The maximum atomic E-state index is 13.7. The van der Waals surface area contributed by atoms with Gasteiger partial charge in [-0.2, -0.15) is 8.42 Å². The van der Waals surface area contributed by atoms with Gasteiger partial charge in [-0.3, -0.25) is 49.0 Å². The summed E-state index contributed by atoms with van der Waals surface area (Å²) in [6.45, 7) is 1.83. The summed E-state index contributed by atoms with van der Waals surface area (Å²) in [7, 11) is -1.71. The highest BCUT2D eigenvalue weighted by atomic mass is 32.2. The van der Waals surface area contributed by atoms with E-state index in [2.05, 4.69) is 10.6 Å². The van der Waals surface area contributed by atoms with Crippen LogP contribution in [0, 0.1) is 20.2 Å². The van der Waals surface area contributed by atoms with Crippen molar-refractivity contribution in [3.05, 3.63) is 161 Å². The van der Waals surface area contributed by atoms with E-state index in [1.54, 1.807) is 12.1 Å². The quantitative estimate of drug-likeness (QED) is 0.0235. The lowest BCUT2D eigenvalue weighted by Gasteiger charge is -2.37. The summed E-state index contributed by atoms with van der Waals surface area (Å²) in [5, 5.41) is 28.7. The Bertz CT molecular complexity index is 3200. The van der Waals surface area contributed by atoms with Gasteiger partial charge in [0.15, 0.2) is 11.4 Å². The van der Waals surface area contributed by atoms with E-state index >= 15 is 0 Å². The summed E-state index contributed by atoms with van der Waals surface area (Å²) < 4.78 is 54.7. The third kappa shape index (κ3) is 10.3. The summed E-state index contributed by atoms with van der Waals surface area (Å²) in [6.07, 6.45) is -1.33. The van der Waals surface area contributed by atoms with E-state index in [1.165, 1.54) is 75.6 Å². The van der Waals surface area contributed by atoms with E-state index in [0.29, 0.717) is 24.1 Å². The molecular formula is C47H42N6O17S. The van der Waals surface area contributed by atoms with Crippen molar-refractivity contribution in [3.8, 4) is 11.5 Å². The number of carbonyl (C=O) groups is 6. The molecule has 0 saturated carbocycles. The molecule has 0 fully saturated rings. The Labute approximate surface area is 403 Å². The molecule has 4 amide bonds. The molecule has 1 atom stereocenters. The molecule has 23 nitrogen and oxygen atoms in total. The molecule has 5 aromatic rings. The lowest BCUT2D eigenvalue weighted by Crippen LogP contribution is -2.34. The van der Waals surface area contributed by atoms with Crippen molar-refractivity contribution in [2.75, 3.05) is 42.7 Å². The number of hydrogen-bond acceptors (Lipinski definition) is 16. The van der Waals surface area contributed by atoms with Gasteiger partial charge in [-0.05, 0) is 67.9 Å². The molecule has 0 aromatic heterocycles. The summed E-state index contributed by atoms with van der Waals surface area (Å²) in [5.74, 6) is -3.05. The molecule has 2 aliphatic heterocycles. The second-order valence-electron chi connectivity index (χ2n) is 16.1. The minimum Gasteiger partial charge on any atom is -0.456 e. The van der Waals surface area contributed by atoms with Gasteiger partial charge in [-0.1, -0.05) is 19.1 Å². The van der Waals surface area contributed by atoms with Crippen molar-refractivity contribution in [1.29, 1.82) is 0 Å². The van der Waals surface area contributed by atoms with Gasteiger partial charge in [-0.25, -0.2) is 14.4 Å². The van der Waals surface area contributed by atoms with Crippen molar-refractivity contribution >= 4 is 68.6 Å². The number of carbonyl (C=O) groups excluding carboxylic acids is 6. The summed E-state index contributed by atoms with van der Waals surface area (Å²) in [5.41, 5.74) is -1.27. The third-order valence-electron chi connectivity index (χ3n) is 11.5. The SMILES string of the molecule is CCCNC(=O)c1ccc([N+](=O)[O-])c(COC(=O)N(C)c2ccc3c(c2)Oc2cc(N(C)C(=O)OCc4cc(C(=O)NCCS(=O)(=O)O)ccc4[N+](=O)[O-])ccc2C32OC(=O)c3cc(C(C)=O)ccc32)c1. The van der Waals surface area contributed by atoms with E-state index < -0.39 is 86.7 Å². The van der Waals surface area contributed by atoms with E-state index in [0.717, 1.165) is 34.1 Å². The number of ether oxygens (including phenoxy) is 4. The monoisotopic (exact) mass is 994 g/mol. The minimum absolute atomic E-state index is 0.0407. The lowest BCUT2D eigenvalue weighted by molar-refractivity contribution is -0.386. The van der Waals surface area contributed by atoms with E-state index in [9.17, 15) is 57.4 Å². The maximum absolute atomic E-state index is 13.7. The number of anilines is 2. The molecule has 0 saturated heterocycles. The van der Waals surface area contributed by atoms with Crippen molar-refractivity contribution in [3.63, 3.8) is 0 Å². The van der Waals surface area contributed by atoms with Gasteiger partial charge in [0.1, 0.15) is 24.7 Å². The van der Waals surface area contributed by atoms with Crippen LogP contribution in [0.15, 0.2) is 91.0 Å². The van der Waals surface area contributed by atoms with Gasteiger partial charge in [0.2, 0.25) is 0 Å². The smallest absolute Gasteiger partial charge is 0.414 e. The maximum Gasteiger partial charge on any atom is 0.414 e. The lowest BCUT2D eigenvalue weighted by atomic mass is 9.77. The molecule has 1 spiro atoms. The van der Waals surface area contributed by atoms with Crippen LogP contribution in [-0.2, 0) is 43.1 Å². The first-order valence-electron chi connectivity index (χ1n) is 21.4. The van der Waals surface area contributed by atoms with Gasteiger partial charge in [-0.15, -0.1) is 0 Å². The van der Waals surface area contributed by atoms with E-state index in [-0.39, 0.29) is 73.3 Å². The Morgan fingerprint density at radius 3 is 1.61 bits per heavy atom. The van der Waals surface area contributed by atoms with Gasteiger partial charge in [0.25, 0.3) is 33.3 Å². The van der Waals surface area contributed by atoms with E-state index in [4.69, 9.17) is 23.5 Å². The first-order valence-corrected chi connectivity index (χ1v) is 23.0. The molecule has 2 aliphatic rings. The number of nitro groups is 2. The fraction of sp³-hybridized carbons (Fsp3) is 0.234. The molecule has 0 bridgehead atoms. The van der Waals surface area contributed by atoms with Crippen LogP contribution in [0.1, 0.15) is 89.5 Å². The van der Waals surface area contributed by atoms with Crippen molar-refractivity contribution < 1.29 is 70.5 Å². The molecular weight excluding hydrogens is 953 g/mol. The average molecular weight is 995 g/mol. The average Bonchev–Trinajstić information content (AvgIpc) is 3.63. The zero-order valence-corrected chi connectivity index (χ0v) is 38.9. The first kappa shape index (κ1) is 50.1. The van der Waals surface area contributed by atoms with Crippen LogP contribution in [0.5, 0.6) is 11.5 Å². The molecule has 71 heavy (non-hydrogen) atoms. The number of nitrogens with zero attached hydrogens (tertiary/aromatic N) is 4. The Kier molecular flexibility index (Phi) is 14.2. The highest BCUT2D eigenvalue weighted by molar-refractivity contribution is 7.85.